The fraction of sp³-hybridized carbons (Fsp3) is 0.611. The summed E-state index contributed by atoms with van der Waals surface area (Å²) in [6.45, 7) is 9.13. The third-order valence-corrected chi connectivity index (χ3v) is 4.34. The molecule has 1 aliphatic rings. The highest BCUT2D eigenvalue weighted by Crippen LogP contribution is 2.45. The van der Waals surface area contributed by atoms with Crippen LogP contribution in [0.15, 0.2) is 30.3 Å². The Morgan fingerprint density at radius 1 is 1.14 bits per heavy atom. The largest absolute Gasteiger partial charge is 0.352 e. The van der Waals surface area contributed by atoms with Crippen molar-refractivity contribution in [3.63, 3.8) is 0 Å². The third-order valence-electron chi connectivity index (χ3n) is 4.34. The van der Waals surface area contributed by atoms with Crippen molar-refractivity contribution in [1.82, 2.24) is 5.32 Å². The number of nitrogens with one attached hydrogen (secondary N) is 1. The summed E-state index contributed by atoms with van der Waals surface area (Å²) in [5, 5.41) is 3.16. The first-order valence-electron chi connectivity index (χ1n) is 7.79. The number of carbonyl (C=O) groups is 1. The molecule has 0 radical (unpaired) electrons. The standard InChI is InChI=1S/C18H28N2O/c1-17(2)10-14(11-18(3,4)12-17)20-16(21)15(19)13-8-6-5-7-9-13/h5-9,14-15H,10-12,19H2,1-4H3,(H,20,21)/t15-/m0/s1. The Hall–Kier alpha value is -1.35. The topological polar surface area (TPSA) is 55.1 Å². The lowest BCUT2D eigenvalue weighted by atomic mass is 9.63. The minimum atomic E-state index is -0.584. The van der Waals surface area contributed by atoms with E-state index in [1.165, 1.54) is 6.42 Å². The number of rotatable bonds is 3. The smallest absolute Gasteiger partial charge is 0.241 e. The lowest BCUT2D eigenvalue weighted by Gasteiger charge is -2.45. The number of carbonyl (C=O) groups excluding carboxylic acids is 1. The third kappa shape index (κ3) is 4.31. The molecule has 2 rings (SSSR count). The molecule has 1 aromatic rings. The van der Waals surface area contributed by atoms with Gasteiger partial charge in [-0.3, -0.25) is 4.79 Å². The van der Waals surface area contributed by atoms with Crippen LogP contribution in [0.1, 0.15) is 58.6 Å². The first-order chi connectivity index (χ1) is 9.69. The molecule has 3 N–H and O–H groups in total. The molecule has 0 aromatic heterocycles. The Bertz CT molecular complexity index is 477. The van der Waals surface area contributed by atoms with Crippen molar-refractivity contribution in [2.75, 3.05) is 0 Å². The average Bonchev–Trinajstić information content (AvgIpc) is 2.35. The Kier molecular flexibility index (Phi) is 4.43. The van der Waals surface area contributed by atoms with Crippen molar-refractivity contribution < 1.29 is 4.79 Å². The Morgan fingerprint density at radius 2 is 1.67 bits per heavy atom. The van der Waals surface area contributed by atoms with Crippen molar-refractivity contribution in [3.8, 4) is 0 Å². The number of hydrogen-bond acceptors (Lipinski definition) is 2. The first-order valence-corrected chi connectivity index (χ1v) is 7.79. The zero-order valence-corrected chi connectivity index (χ0v) is 13.6. The Labute approximate surface area is 128 Å². The molecule has 1 atom stereocenters. The summed E-state index contributed by atoms with van der Waals surface area (Å²) in [6, 6.07) is 9.19. The number of amides is 1. The van der Waals surface area contributed by atoms with E-state index in [-0.39, 0.29) is 22.8 Å². The van der Waals surface area contributed by atoms with Gasteiger partial charge in [0.05, 0.1) is 0 Å². The minimum Gasteiger partial charge on any atom is -0.352 e. The molecule has 0 saturated heterocycles. The molecule has 0 spiro atoms. The fourth-order valence-corrected chi connectivity index (χ4v) is 4.05. The maximum absolute atomic E-state index is 12.4. The zero-order valence-electron chi connectivity index (χ0n) is 13.6. The van der Waals surface area contributed by atoms with Crippen LogP contribution < -0.4 is 11.1 Å². The molecule has 116 valence electrons. The second kappa shape index (κ2) is 5.80. The van der Waals surface area contributed by atoms with E-state index in [4.69, 9.17) is 5.73 Å². The highest BCUT2D eigenvalue weighted by atomic mass is 16.2. The summed E-state index contributed by atoms with van der Waals surface area (Å²) in [5.41, 5.74) is 7.46. The van der Waals surface area contributed by atoms with Gasteiger partial charge in [0.15, 0.2) is 0 Å². The average molecular weight is 288 g/mol. The van der Waals surface area contributed by atoms with Gasteiger partial charge in [-0.1, -0.05) is 58.0 Å². The van der Waals surface area contributed by atoms with Crippen LogP contribution in [0.25, 0.3) is 0 Å². The number of benzene rings is 1. The predicted molar refractivity (Wildman–Crippen MR) is 86.7 cm³/mol. The molecule has 0 aliphatic heterocycles. The quantitative estimate of drug-likeness (QED) is 0.895. The molecule has 1 saturated carbocycles. The number of hydrogen-bond donors (Lipinski definition) is 2. The van der Waals surface area contributed by atoms with Gasteiger partial charge in [-0.15, -0.1) is 0 Å². The van der Waals surface area contributed by atoms with E-state index >= 15 is 0 Å². The van der Waals surface area contributed by atoms with Crippen LogP contribution in [-0.2, 0) is 4.79 Å². The maximum atomic E-state index is 12.4. The summed E-state index contributed by atoms with van der Waals surface area (Å²) in [5.74, 6) is -0.0697. The summed E-state index contributed by atoms with van der Waals surface area (Å²) in [7, 11) is 0. The van der Waals surface area contributed by atoms with Gasteiger partial charge in [0.1, 0.15) is 6.04 Å². The molecule has 0 bridgehead atoms. The van der Waals surface area contributed by atoms with Crippen LogP contribution in [0.3, 0.4) is 0 Å². The SMILES string of the molecule is CC1(C)CC(NC(=O)[C@@H](N)c2ccccc2)CC(C)(C)C1. The zero-order chi connectivity index (χ0) is 15.7. The van der Waals surface area contributed by atoms with E-state index in [1.54, 1.807) is 0 Å². The van der Waals surface area contributed by atoms with E-state index in [0.717, 1.165) is 18.4 Å². The molecular weight excluding hydrogens is 260 g/mol. The van der Waals surface area contributed by atoms with Crippen molar-refractivity contribution in [2.45, 2.75) is 59.0 Å². The Balaban J connectivity index is 2.02. The second-order valence-electron chi connectivity index (χ2n) is 8.01. The Morgan fingerprint density at radius 3 is 2.19 bits per heavy atom. The summed E-state index contributed by atoms with van der Waals surface area (Å²) in [6.07, 6.45) is 3.23. The van der Waals surface area contributed by atoms with E-state index in [0.29, 0.717) is 0 Å². The van der Waals surface area contributed by atoms with Gasteiger partial charge in [0.25, 0.3) is 0 Å². The van der Waals surface area contributed by atoms with Crippen LogP contribution >= 0.6 is 0 Å². The molecule has 0 unspecified atom stereocenters. The van der Waals surface area contributed by atoms with Gasteiger partial charge in [0.2, 0.25) is 5.91 Å². The molecule has 1 aromatic carbocycles. The van der Waals surface area contributed by atoms with Gasteiger partial charge in [-0.2, -0.15) is 0 Å². The van der Waals surface area contributed by atoms with E-state index in [1.807, 2.05) is 30.3 Å². The van der Waals surface area contributed by atoms with Gasteiger partial charge in [0, 0.05) is 6.04 Å². The summed E-state index contributed by atoms with van der Waals surface area (Å²) in [4.78, 5) is 12.4. The second-order valence-corrected chi connectivity index (χ2v) is 8.01. The van der Waals surface area contributed by atoms with Crippen LogP contribution in [0, 0.1) is 10.8 Å². The minimum absolute atomic E-state index is 0.0697. The van der Waals surface area contributed by atoms with E-state index in [2.05, 4.69) is 33.0 Å². The van der Waals surface area contributed by atoms with Crippen molar-refractivity contribution in [1.29, 1.82) is 0 Å². The van der Waals surface area contributed by atoms with Crippen molar-refractivity contribution >= 4 is 5.91 Å². The summed E-state index contributed by atoms with van der Waals surface area (Å²) < 4.78 is 0. The molecule has 3 heteroatoms. The highest BCUT2D eigenvalue weighted by Gasteiger charge is 2.39. The molecule has 3 nitrogen and oxygen atoms in total. The lowest BCUT2D eigenvalue weighted by Crippen LogP contribution is -2.48. The van der Waals surface area contributed by atoms with Gasteiger partial charge in [-0.25, -0.2) is 0 Å². The number of nitrogens with two attached hydrogens (primary N) is 1. The lowest BCUT2D eigenvalue weighted by molar-refractivity contribution is -0.124. The maximum Gasteiger partial charge on any atom is 0.241 e. The molecule has 1 amide bonds. The highest BCUT2D eigenvalue weighted by molar-refractivity contribution is 5.83. The molecule has 1 fully saturated rings. The fourth-order valence-electron chi connectivity index (χ4n) is 4.05. The molecular formula is C18H28N2O. The predicted octanol–water partition coefficient (Wildman–Crippen LogP) is 3.41. The molecule has 21 heavy (non-hydrogen) atoms. The normalized spacial score (nSPS) is 22.5. The van der Waals surface area contributed by atoms with Crippen molar-refractivity contribution in [3.05, 3.63) is 35.9 Å². The monoisotopic (exact) mass is 288 g/mol. The van der Waals surface area contributed by atoms with E-state index in [9.17, 15) is 4.79 Å². The van der Waals surface area contributed by atoms with Gasteiger partial charge >= 0.3 is 0 Å². The van der Waals surface area contributed by atoms with E-state index < -0.39 is 6.04 Å². The first kappa shape index (κ1) is 16.0. The van der Waals surface area contributed by atoms with Gasteiger partial charge in [-0.05, 0) is 35.7 Å². The molecule has 0 heterocycles. The van der Waals surface area contributed by atoms with Crippen molar-refractivity contribution in [2.24, 2.45) is 16.6 Å². The van der Waals surface area contributed by atoms with Crippen LogP contribution in [-0.4, -0.2) is 11.9 Å². The van der Waals surface area contributed by atoms with Crippen LogP contribution in [0.4, 0.5) is 0 Å². The summed E-state index contributed by atoms with van der Waals surface area (Å²) >= 11 is 0. The van der Waals surface area contributed by atoms with Crippen LogP contribution in [0.2, 0.25) is 0 Å². The van der Waals surface area contributed by atoms with Gasteiger partial charge < -0.3 is 11.1 Å². The van der Waals surface area contributed by atoms with Crippen LogP contribution in [0.5, 0.6) is 0 Å². The molecule has 1 aliphatic carbocycles.